The van der Waals surface area contributed by atoms with Crippen LogP contribution in [0.1, 0.15) is 29.6 Å². The molecule has 0 aliphatic carbocycles. The van der Waals surface area contributed by atoms with E-state index < -0.39 is 5.82 Å². The highest BCUT2D eigenvalue weighted by Gasteiger charge is 2.16. The van der Waals surface area contributed by atoms with Gasteiger partial charge in [0, 0.05) is 17.4 Å². The topological polar surface area (TPSA) is 20.3 Å². The second-order valence-corrected chi connectivity index (χ2v) is 5.26. The van der Waals surface area contributed by atoms with Gasteiger partial charge in [0.05, 0.1) is 5.56 Å². The smallest absolute Gasteiger partial charge is 0.167 e. The molecule has 0 amide bonds. The van der Waals surface area contributed by atoms with E-state index in [0.29, 0.717) is 10.9 Å². The Morgan fingerprint density at radius 3 is 2.71 bits per heavy atom. The number of likely N-dealkylation sites (tertiary alicyclic amines) is 1. The quantitative estimate of drug-likeness (QED) is 0.796. The molecule has 0 atom stereocenters. The van der Waals surface area contributed by atoms with Gasteiger partial charge in [-0.05, 0) is 44.1 Å². The Labute approximate surface area is 109 Å². The fourth-order valence-corrected chi connectivity index (χ4v) is 2.45. The summed E-state index contributed by atoms with van der Waals surface area (Å²) in [5.74, 6) is -0.548. The van der Waals surface area contributed by atoms with Crippen LogP contribution in [0.15, 0.2) is 22.7 Å². The number of Topliss-reactive ketones (excluding diaryl/α,β-unsaturated/α-hetero) is 1. The molecule has 1 saturated heterocycles. The van der Waals surface area contributed by atoms with Crippen LogP contribution in [-0.2, 0) is 0 Å². The van der Waals surface area contributed by atoms with E-state index >= 15 is 0 Å². The standard InChI is InChI=1S/C13H15BrFNO/c14-10-3-4-11(12(15)9-10)13(17)5-8-16-6-1-2-7-16/h3-4,9H,1-2,5-8H2. The Morgan fingerprint density at radius 2 is 2.06 bits per heavy atom. The number of hydrogen-bond donors (Lipinski definition) is 0. The van der Waals surface area contributed by atoms with E-state index in [1.54, 1.807) is 12.1 Å². The van der Waals surface area contributed by atoms with Crippen molar-refractivity contribution >= 4 is 21.7 Å². The zero-order chi connectivity index (χ0) is 12.3. The Balaban J connectivity index is 1.94. The number of hydrogen-bond acceptors (Lipinski definition) is 2. The highest BCUT2D eigenvalue weighted by molar-refractivity contribution is 9.10. The van der Waals surface area contributed by atoms with Crippen LogP contribution < -0.4 is 0 Å². The monoisotopic (exact) mass is 299 g/mol. The summed E-state index contributed by atoms with van der Waals surface area (Å²) in [6, 6.07) is 4.58. The van der Waals surface area contributed by atoms with Gasteiger partial charge in [0.15, 0.2) is 5.78 Å². The molecule has 0 saturated carbocycles. The summed E-state index contributed by atoms with van der Waals surface area (Å²) in [4.78, 5) is 14.1. The van der Waals surface area contributed by atoms with E-state index in [2.05, 4.69) is 20.8 Å². The highest BCUT2D eigenvalue weighted by atomic mass is 79.9. The van der Waals surface area contributed by atoms with Crippen LogP contribution in [0.25, 0.3) is 0 Å². The third-order valence-electron chi connectivity index (χ3n) is 3.09. The Kier molecular flexibility index (Phi) is 4.29. The molecule has 0 unspecified atom stereocenters. The minimum absolute atomic E-state index is 0.109. The molecule has 1 aliphatic rings. The lowest BCUT2D eigenvalue weighted by Gasteiger charge is -2.13. The molecule has 17 heavy (non-hydrogen) atoms. The van der Waals surface area contributed by atoms with Gasteiger partial charge in [-0.2, -0.15) is 0 Å². The zero-order valence-corrected chi connectivity index (χ0v) is 11.2. The first-order chi connectivity index (χ1) is 8.16. The van der Waals surface area contributed by atoms with Gasteiger partial charge in [-0.15, -0.1) is 0 Å². The molecular weight excluding hydrogens is 285 g/mol. The second kappa shape index (κ2) is 5.74. The van der Waals surface area contributed by atoms with E-state index in [1.165, 1.54) is 18.9 Å². The third-order valence-corrected chi connectivity index (χ3v) is 3.58. The summed E-state index contributed by atoms with van der Waals surface area (Å²) < 4.78 is 14.2. The van der Waals surface area contributed by atoms with Gasteiger partial charge in [0.2, 0.25) is 0 Å². The zero-order valence-electron chi connectivity index (χ0n) is 9.59. The van der Waals surface area contributed by atoms with Crippen molar-refractivity contribution in [1.29, 1.82) is 0 Å². The van der Waals surface area contributed by atoms with E-state index in [-0.39, 0.29) is 11.3 Å². The van der Waals surface area contributed by atoms with Gasteiger partial charge < -0.3 is 4.90 Å². The first kappa shape index (κ1) is 12.7. The van der Waals surface area contributed by atoms with Crippen LogP contribution in [0, 0.1) is 5.82 Å². The third kappa shape index (κ3) is 3.36. The predicted molar refractivity (Wildman–Crippen MR) is 68.7 cm³/mol. The highest BCUT2D eigenvalue weighted by Crippen LogP contribution is 2.17. The fraction of sp³-hybridized carbons (Fsp3) is 0.462. The SMILES string of the molecule is O=C(CCN1CCCC1)c1ccc(Br)cc1F. The van der Waals surface area contributed by atoms with E-state index in [0.717, 1.165) is 19.6 Å². The molecule has 0 radical (unpaired) electrons. The summed E-state index contributed by atoms with van der Waals surface area (Å²) in [5, 5.41) is 0. The van der Waals surface area contributed by atoms with Crippen molar-refractivity contribution in [3.63, 3.8) is 0 Å². The van der Waals surface area contributed by atoms with Crippen LogP contribution in [0.2, 0.25) is 0 Å². The molecule has 1 aliphatic heterocycles. The minimum atomic E-state index is -0.439. The largest absolute Gasteiger partial charge is 0.303 e. The summed E-state index contributed by atoms with van der Waals surface area (Å²) in [7, 11) is 0. The summed E-state index contributed by atoms with van der Waals surface area (Å²) in [5.41, 5.74) is 0.201. The normalized spacial score (nSPS) is 16.4. The molecule has 1 aromatic rings. The predicted octanol–water partition coefficient (Wildman–Crippen LogP) is 3.26. The van der Waals surface area contributed by atoms with Crippen LogP contribution in [-0.4, -0.2) is 30.3 Å². The van der Waals surface area contributed by atoms with Crippen molar-refractivity contribution < 1.29 is 9.18 Å². The van der Waals surface area contributed by atoms with Crippen molar-refractivity contribution in [1.82, 2.24) is 4.90 Å². The molecule has 1 heterocycles. The second-order valence-electron chi connectivity index (χ2n) is 4.35. The molecule has 4 heteroatoms. The van der Waals surface area contributed by atoms with Gasteiger partial charge in [-0.3, -0.25) is 4.79 Å². The fourth-order valence-electron chi connectivity index (χ4n) is 2.12. The summed E-state index contributed by atoms with van der Waals surface area (Å²) >= 11 is 3.18. The van der Waals surface area contributed by atoms with E-state index in [1.807, 2.05) is 0 Å². The van der Waals surface area contributed by atoms with Gasteiger partial charge in [-0.25, -0.2) is 4.39 Å². The first-order valence-electron chi connectivity index (χ1n) is 5.87. The molecule has 2 nitrogen and oxygen atoms in total. The number of rotatable bonds is 4. The molecular formula is C13H15BrFNO. The van der Waals surface area contributed by atoms with Crippen LogP contribution in [0.5, 0.6) is 0 Å². The summed E-state index contributed by atoms with van der Waals surface area (Å²) in [6.45, 7) is 2.88. The van der Waals surface area contributed by atoms with Crippen molar-refractivity contribution in [3.8, 4) is 0 Å². The summed E-state index contributed by atoms with van der Waals surface area (Å²) in [6.07, 6.45) is 2.82. The number of carbonyl (C=O) groups is 1. The van der Waals surface area contributed by atoms with E-state index in [4.69, 9.17) is 0 Å². The average Bonchev–Trinajstić information content (AvgIpc) is 2.78. The molecule has 0 spiro atoms. The Hall–Kier alpha value is -0.740. The van der Waals surface area contributed by atoms with Crippen molar-refractivity contribution in [2.24, 2.45) is 0 Å². The van der Waals surface area contributed by atoms with Crippen molar-refractivity contribution in [3.05, 3.63) is 34.1 Å². The molecule has 1 aromatic carbocycles. The number of nitrogens with zero attached hydrogens (tertiary/aromatic N) is 1. The minimum Gasteiger partial charge on any atom is -0.303 e. The van der Waals surface area contributed by atoms with Gasteiger partial charge in [0.1, 0.15) is 5.82 Å². The average molecular weight is 300 g/mol. The Morgan fingerprint density at radius 1 is 1.35 bits per heavy atom. The molecule has 2 rings (SSSR count). The molecule has 0 aromatic heterocycles. The lowest BCUT2D eigenvalue weighted by Crippen LogP contribution is -2.22. The molecule has 1 fully saturated rings. The maximum Gasteiger partial charge on any atom is 0.167 e. The Bertz CT molecular complexity index is 416. The first-order valence-corrected chi connectivity index (χ1v) is 6.67. The number of benzene rings is 1. The molecule has 92 valence electrons. The maximum absolute atomic E-state index is 13.5. The van der Waals surface area contributed by atoms with Crippen molar-refractivity contribution in [2.45, 2.75) is 19.3 Å². The van der Waals surface area contributed by atoms with Gasteiger partial charge in [0.25, 0.3) is 0 Å². The van der Waals surface area contributed by atoms with Gasteiger partial charge >= 0.3 is 0 Å². The number of halogens is 2. The number of ketones is 1. The van der Waals surface area contributed by atoms with Crippen LogP contribution >= 0.6 is 15.9 Å². The van der Waals surface area contributed by atoms with Crippen LogP contribution in [0.3, 0.4) is 0 Å². The lowest BCUT2D eigenvalue weighted by atomic mass is 10.1. The van der Waals surface area contributed by atoms with E-state index in [9.17, 15) is 9.18 Å². The van der Waals surface area contributed by atoms with Crippen molar-refractivity contribution in [2.75, 3.05) is 19.6 Å². The lowest BCUT2D eigenvalue weighted by molar-refractivity contribution is 0.0965. The van der Waals surface area contributed by atoms with Crippen LogP contribution in [0.4, 0.5) is 4.39 Å². The molecule has 0 bridgehead atoms. The molecule has 0 N–H and O–H groups in total. The maximum atomic E-state index is 13.5. The number of carbonyl (C=O) groups excluding carboxylic acids is 1. The van der Waals surface area contributed by atoms with Gasteiger partial charge in [-0.1, -0.05) is 15.9 Å².